The van der Waals surface area contributed by atoms with E-state index in [1.807, 2.05) is 0 Å². The highest BCUT2D eigenvalue weighted by Crippen LogP contribution is 2.48. The molecule has 0 amide bonds. The number of nitrogens with zero attached hydrogens (tertiary/aromatic N) is 1. The van der Waals surface area contributed by atoms with Crippen molar-refractivity contribution in [1.29, 1.82) is 0 Å². The summed E-state index contributed by atoms with van der Waals surface area (Å²) in [6.45, 7) is 11.0. The van der Waals surface area contributed by atoms with Crippen molar-refractivity contribution in [2.24, 2.45) is 5.41 Å². The second-order valence-corrected chi connectivity index (χ2v) is 8.56. The van der Waals surface area contributed by atoms with Crippen molar-refractivity contribution in [1.82, 2.24) is 4.90 Å². The molecule has 1 saturated heterocycles. The zero-order chi connectivity index (χ0) is 19.5. The third-order valence-corrected chi connectivity index (χ3v) is 6.20. The van der Waals surface area contributed by atoms with Crippen molar-refractivity contribution in [2.75, 3.05) is 19.8 Å². The van der Waals surface area contributed by atoms with Crippen molar-refractivity contribution in [3.8, 4) is 0 Å². The Morgan fingerprint density at radius 2 is 1.43 bits per heavy atom. The molecule has 2 aromatic rings. The van der Waals surface area contributed by atoms with E-state index in [9.17, 15) is 0 Å². The van der Waals surface area contributed by atoms with Gasteiger partial charge in [-0.05, 0) is 17.5 Å². The van der Waals surface area contributed by atoms with Crippen LogP contribution in [0.1, 0.15) is 37.3 Å². The molecule has 148 valence electrons. The molecule has 0 radical (unpaired) electrons. The zero-order valence-corrected chi connectivity index (χ0v) is 16.9. The Balaban J connectivity index is 1.55. The first-order valence-electron chi connectivity index (χ1n) is 10.3. The van der Waals surface area contributed by atoms with Gasteiger partial charge in [-0.25, -0.2) is 0 Å². The fraction of sp³-hybridized carbons (Fsp3) is 0.440. The van der Waals surface area contributed by atoms with Crippen molar-refractivity contribution >= 4 is 0 Å². The maximum atomic E-state index is 6.06. The molecule has 0 aromatic heterocycles. The van der Waals surface area contributed by atoms with Crippen LogP contribution in [0.3, 0.4) is 0 Å². The Morgan fingerprint density at radius 1 is 0.893 bits per heavy atom. The van der Waals surface area contributed by atoms with Crippen LogP contribution in [0.4, 0.5) is 0 Å². The van der Waals surface area contributed by atoms with Crippen molar-refractivity contribution in [2.45, 2.75) is 45.1 Å². The summed E-state index contributed by atoms with van der Waals surface area (Å²) in [5, 5.41) is 0. The van der Waals surface area contributed by atoms with Gasteiger partial charge in [0.2, 0.25) is 0 Å². The second kappa shape index (κ2) is 8.20. The van der Waals surface area contributed by atoms with Gasteiger partial charge in [0, 0.05) is 37.9 Å². The van der Waals surface area contributed by atoms with Gasteiger partial charge in [0.05, 0.1) is 13.2 Å². The van der Waals surface area contributed by atoms with E-state index in [0.717, 1.165) is 38.9 Å². The van der Waals surface area contributed by atoms with E-state index < -0.39 is 5.79 Å². The minimum absolute atomic E-state index is 0.0217. The summed E-state index contributed by atoms with van der Waals surface area (Å²) in [6, 6.07) is 21.5. The molecule has 3 heteroatoms. The summed E-state index contributed by atoms with van der Waals surface area (Å²) in [6.07, 6.45) is 2.79. The monoisotopic (exact) mass is 377 g/mol. The summed E-state index contributed by atoms with van der Waals surface area (Å²) in [5.41, 5.74) is 3.98. The average Bonchev–Trinajstić information content (AvgIpc) is 3.14. The van der Waals surface area contributed by atoms with E-state index in [4.69, 9.17) is 9.47 Å². The van der Waals surface area contributed by atoms with Crippen LogP contribution in [0.25, 0.3) is 0 Å². The summed E-state index contributed by atoms with van der Waals surface area (Å²) in [7, 11) is 0. The highest BCUT2D eigenvalue weighted by Gasteiger charge is 2.48. The second-order valence-electron chi connectivity index (χ2n) is 8.56. The van der Waals surface area contributed by atoms with E-state index in [-0.39, 0.29) is 5.41 Å². The molecule has 4 rings (SSSR count). The number of hydrogen-bond donors (Lipinski definition) is 0. The third kappa shape index (κ3) is 4.38. The SMILES string of the molecule is C=C1CCC2(C[C@@]1(C)CN(Cc1ccccc1)Cc1ccccc1)OCCO2. The molecule has 3 nitrogen and oxygen atoms in total. The molecule has 1 aliphatic heterocycles. The number of hydrogen-bond acceptors (Lipinski definition) is 3. The molecule has 0 N–H and O–H groups in total. The van der Waals surface area contributed by atoms with Gasteiger partial charge in [0.15, 0.2) is 5.79 Å². The number of rotatable bonds is 6. The molecular formula is C25H31NO2. The van der Waals surface area contributed by atoms with Crippen LogP contribution in [0.2, 0.25) is 0 Å². The molecular weight excluding hydrogens is 346 g/mol. The van der Waals surface area contributed by atoms with E-state index in [1.165, 1.54) is 16.7 Å². The van der Waals surface area contributed by atoms with E-state index >= 15 is 0 Å². The first-order chi connectivity index (χ1) is 13.6. The molecule has 1 spiro atoms. The quantitative estimate of drug-likeness (QED) is 0.648. The molecule has 28 heavy (non-hydrogen) atoms. The standard InChI is InChI=1S/C25H31NO2/c1-21-13-14-25(27-15-16-28-25)19-24(21,2)20-26(17-22-9-5-3-6-10-22)18-23-11-7-4-8-12-23/h3-12H,1,13-20H2,2H3/t24-/m0/s1. The van der Waals surface area contributed by atoms with Crippen molar-refractivity contribution < 1.29 is 9.47 Å². The lowest BCUT2D eigenvalue weighted by molar-refractivity contribution is -0.192. The highest BCUT2D eigenvalue weighted by atomic mass is 16.7. The normalized spacial score (nSPS) is 24.1. The summed E-state index contributed by atoms with van der Waals surface area (Å²) in [4.78, 5) is 2.55. The lowest BCUT2D eigenvalue weighted by atomic mass is 9.69. The van der Waals surface area contributed by atoms with Gasteiger partial charge in [-0.3, -0.25) is 4.90 Å². The fourth-order valence-electron chi connectivity index (χ4n) is 4.71. The Hall–Kier alpha value is -1.94. The van der Waals surface area contributed by atoms with Crippen LogP contribution in [-0.4, -0.2) is 30.4 Å². The largest absolute Gasteiger partial charge is 0.347 e. The molecule has 0 unspecified atom stereocenters. The van der Waals surface area contributed by atoms with Crippen LogP contribution in [-0.2, 0) is 22.6 Å². The molecule has 0 bridgehead atoms. The molecule has 2 aromatic carbocycles. The van der Waals surface area contributed by atoms with Crippen molar-refractivity contribution in [3.63, 3.8) is 0 Å². The third-order valence-electron chi connectivity index (χ3n) is 6.20. The van der Waals surface area contributed by atoms with Gasteiger partial charge < -0.3 is 9.47 Å². The first-order valence-corrected chi connectivity index (χ1v) is 10.3. The zero-order valence-electron chi connectivity index (χ0n) is 16.9. The van der Waals surface area contributed by atoms with Gasteiger partial charge in [0.1, 0.15) is 0 Å². The van der Waals surface area contributed by atoms with Gasteiger partial charge in [-0.1, -0.05) is 79.7 Å². The van der Waals surface area contributed by atoms with Gasteiger partial charge in [0.25, 0.3) is 0 Å². The Morgan fingerprint density at radius 3 is 1.96 bits per heavy atom. The minimum Gasteiger partial charge on any atom is -0.347 e. The Labute approximate surface area is 169 Å². The van der Waals surface area contributed by atoms with E-state index in [1.54, 1.807) is 0 Å². The smallest absolute Gasteiger partial charge is 0.169 e. The summed E-state index contributed by atoms with van der Waals surface area (Å²) in [5.74, 6) is -0.402. The lowest BCUT2D eigenvalue weighted by Gasteiger charge is -2.46. The Bertz CT molecular complexity index is 741. The predicted molar refractivity (Wildman–Crippen MR) is 113 cm³/mol. The number of benzene rings is 2. The van der Waals surface area contributed by atoms with E-state index in [2.05, 4.69) is 79.1 Å². The van der Waals surface area contributed by atoms with Gasteiger partial charge >= 0.3 is 0 Å². The van der Waals surface area contributed by atoms with Crippen LogP contribution >= 0.6 is 0 Å². The highest BCUT2D eigenvalue weighted by molar-refractivity contribution is 5.20. The average molecular weight is 378 g/mol. The summed E-state index contributed by atoms with van der Waals surface area (Å²) < 4.78 is 12.1. The molecule has 1 atom stereocenters. The van der Waals surface area contributed by atoms with Crippen LogP contribution in [0.5, 0.6) is 0 Å². The van der Waals surface area contributed by atoms with Gasteiger partial charge in [-0.2, -0.15) is 0 Å². The summed E-state index contributed by atoms with van der Waals surface area (Å²) >= 11 is 0. The van der Waals surface area contributed by atoms with Gasteiger partial charge in [-0.15, -0.1) is 0 Å². The predicted octanol–water partition coefficient (Wildman–Crippen LogP) is 5.18. The van der Waals surface area contributed by atoms with Crippen LogP contribution < -0.4 is 0 Å². The number of ether oxygens (including phenoxy) is 2. The maximum Gasteiger partial charge on any atom is 0.169 e. The van der Waals surface area contributed by atoms with Crippen LogP contribution in [0, 0.1) is 5.41 Å². The molecule has 2 aliphatic rings. The molecule has 1 saturated carbocycles. The fourth-order valence-corrected chi connectivity index (χ4v) is 4.71. The molecule has 2 fully saturated rings. The Kier molecular flexibility index (Phi) is 5.68. The molecule has 1 aliphatic carbocycles. The maximum absolute atomic E-state index is 6.06. The first kappa shape index (κ1) is 19.4. The van der Waals surface area contributed by atoms with E-state index in [0.29, 0.717) is 13.2 Å². The minimum atomic E-state index is -0.402. The molecule has 1 heterocycles. The lowest BCUT2D eigenvalue weighted by Crippen LogP contribution is -2.47. The topological polar surface area (TPSA) is 21.7 Å². The van der Waals surface area contributed by atoms with Crippen molar-refractivity contribution in [3.05, 3.63) is 83.9 Å². The van der Waals surface area contributed by atoms with Crippen LogP contribution in [0.15, 0.2) is 72.8 Å².